The Bertz CT molecular complexity index is 793. The number of benzene rings is 2. The number of rotatable bonds is 10. The fourth-order valence-corrected chi connectivity index (χ4v) is 3.77. The molecule has 1 heterocycles. The number of hydrogen-bond acceptors (Lipinski definition) is 5. The van der Waals surface area contributed by atoms with Gasteiger partial charge in [-0.3, -0.25) is 4.90 Å². The third-order valence-electron chi connectivity index (χ3n) is 5.43. The van der Waals surface area contributed by atoms with Gasteiger partial charge in [-0.15, -0.1) is 0 Å². The van der Waals surface area contributed by atoms with E-state index in [1.807, 2.05) is 24.3 Å². The van der Waals surface area contributed by atoms with Crippen LogP contribution < -0.4 is 14.8 Å². The van der Waals surface area contributed by atoms with Gasteiger partial charge in [0.15, 0.2) is 5.11 Å². The maximum absolute atomic E-state index is 5.77. The van der Waals surface area contributed by atoms with Crippen LogP contribution in [0.5, 0.6) is 11.5 Å². The van der Waals surface area contributed by atoms with Gasteiger partial charge in [-0.2, -0.15) is 0 Å². The zero-order valence-electron chi connectivity index (χ0n) is 18.5. The first-order chi connectivity index (χ1) is 15.2. The SMILES string of the molecule is COc1ccc(CNC(=S)N(CCCN2CCOCC2)Cc2ccc(OC)cc2)cc1. The van der Waals surface area contributed by atoms with E-state index >= 15 is 0 Å². The molecule has 2 aromatic carbocycles. The first-order valence-corrected chi connectivity index (χ1v) is 11.2. The van der Waals surface area contributed by atoms with Crippen LogP contribution >= 0.6 is 12.2 Å². The molecule has 0 radical (unpaired) electrons. The molecular formula is C24H33N3O3S. The lowest BCUT2D eigenvalue weighted by molar-refractivity contribution is 0.0367. The lowest BCUT2D eigenvalue weighted by atomic mass is 10.2. The number of hydrogen-bond donors (Lipinski definition) is 1. The Labute approximate surface area is 191 Å². The van der Waals surface area contributed by atoms with Crippen molar-refractivity contribution in [2.75, 3.05) is 53.6 Å². The molecule has 0 spiro atoms. The van der Waals surface area contributed by atoms with Crippen LogP contribution in [-0.4, -0.2) is 68.5 Å². The molecule has 1 aliphatic heterocycles. The minimum absolute atomic E-state index is 0.686. The van der Waals surface area contributed by atoms with Crippen molar-refractivity contribution < 1.29 is 14.2 Å². The summed E-state index contributed by atoms with van der Waals surface area (Å²) in [4.78, 5) is 4.71. The predicted octanol–water partition coefficient (Wildman–Crippen LogP) is 3.30. The molecule has 0 atom stereocenters. The van der Waals surface area contributed by atoms with Crippen molar-refractivity contribution >= 4 is 17.3 Å². The second-order valence-corrected chi connectivity index (χ2v) is 7.97. The predicted molar refractivity (Wildman–Crippen MR) is 128 cm³/mol. The van der Waals surface area contributed by atoms with E-state index in [0.29, 0.717) is 6.54 Å². The minimum atomic E-state index is 0.686. The smallest absolute Gasteiger partial charge is 0.169 e. The van der Waals surface area contributed by atoms with Crippen LogP contribution in [0.4, 0.5) is 0 Å². The van der Waals surface area contributed by atoms with E-state index in [2.05, 4.69) is 39.4 Å². The van der Waals surface area contributed by atoms with Crippen molar-refractivity contribution in [1.82, 2.24) is 15.1 Å². The van der Waals surface area contributed by atoms with E-state index in [1.54, 1.807) is 14.2 Å². The first kappa shape index (κ1) is 23.3. The average Bonchev–Trinajstić information content (AvgIpc) is 2.83. The van der Waals surface area contributed by atoms with Gasteiger partial charge in [0, 0.05) is 39.3 Å². The summed E-state index contributed by atoms with van der Waals surface area (Å²) in [7, 11) is 3.36. The van der Waals surface area contributed by atoms with Gasteiger partial charge >= 0.3 is 0 Å². The quantitative estimate of drug-likeness (QED) is 0.565. The van der Waals surface area contributed by atoms with Crippen LogP contribution in [0.15, 0.2) is 48.5 Å². The highest BCUT2D eigenvalue weighted by atomic mass is 32.1. The number of nitrogens with one attached hydrogen (secondary N) is 1. The molecule has 1 aliphatic rings. The van der Waals surface area contributed by atoms with Crippen LogP contribution in [0, 0.1) is 0 Å². The van der Waals surface area contributed by atoms with Crippen molar-refractivity contribution in [1.29, 1.82) is 0 Å². The van der Waals surface area contributed by atoms with Gasteiger partial charge in [0.2, 0.25) is 0 Å². The molecule has 1 N–H and O–H groups in total. The van der Waals surface area contributed by atoms with Gasteiger partial charge in [0.1, 0.15) is 11.5 Å². The summed E-state index contributed by atoms with van der Waals surface area (Å²) >= 11 is 5.77. The van der Waals surface area contributed by atoms with E-state index < -0.39 is 0 Å². The third-order valence-corrected chi connectivity index (χ3v) is 5.83. The molecule has 0 aliphatic carbocycles. The largest absolute Gasteiger partial charge is 0.497 e. The molecule has 31 heavy (non-hydrogen) atoms. The zero-order valence-corrected chi connectivity index (χ0v) is 19.3. The Morgan fingerprint density at radius 2 is 1.55 bits per heavy atom. The Balaban J connectivity index is 1.57. The number of thiocarbonyl (C=S) groups is 1. The van der Waals surface area contributed by atoms with E-state index in [-0.39, 0.29) is 0 Å². The standard InChI is InChI=1S/C24H33N3O3S/c1-28-22-8-4-20(5-9-22)18-25-24(31)27(13-3-12-26-14-16-30-17-15-26)19-21-6-10-23(29-2)11-7-21/h4-11H,3,12-19H2,1-2H3,(H,25,31). The number of ether oxygens (including phenoxy) is 3. The van der Waals surface area contributed by atoms with Crippen LogP contribution in [0.3, 0.4) is 0 Å². The van der Waals surface area contributed by atoms with Gasteiger partial charge in [-0.05, 0) is 54.0 Å². The Hall–Kier alpha value is -2.35. The molecule has 168 valence electrons. The van der Waals surface area contributed by atoms with Gasteiger partial charge in [0.05, 0.1) is 27.4 Å². The van der Waals surface area contributed by atoms with Gasteiger partial charge < -0.3 is 24.4 Å². The van der Waals surface area contributed by atoms with Gasteiger partial charge in [-0.1, -0.05) is 24.3 Å². The summed E-state index contributed by atoms with van der Waals surface area (Å²) in [5.74, 6) is 1.72. The molecule has 0 aromatic heterocycles. The fourth-order valence-electron chi connectivity index (χ4n) is 3.55. The fraction of sp³-hybridized carbons (Fsp3) is 0.458. The van der Waals surface area contributed by atoms with Crippen molar-refractivity contribution in [2.24, 2.45) is 0 Å². The highest BCUT2D eigenvalue weighted by Gasteiger charge is 2.14. The summed E-state index contributed by atoms with van der Waals surface area (Å²) < 4.78 is 16.0. The van der Waals surface area contributed by atoms with Crippen molar-refractivity contribution in [2.45, 2.75) is 19.5 Å². The summed E-state index contributed by atoms with van der Waals surface area (Å²) in [6, 6.07) is 16.2. The van der Waals surface area contributed by atoms with Crippen molar-refractivity contribution in [3.05, 3.63) is 59.7 Å². The topological polar surface area (TPSA) is 46.2 Å². The highest BCUT2D eigenvalue weighted by molar-refractivity contribution is 7.80. The molecule has 1 saturated heterocycles. The molecule has 0 bridgehead atoms. The molecule has 0 amide bonds. The van der Waals surface area contributed by atoms with E-state index in [4.69, 9.17) is 26.4 Å². The zero-order chi connectivity index (χ0) is 21.9. The van der Waals surface area contributed by atoms with Crippen LogP contribution in [-0.2, 0) is 17.8 Å². The highest BCUT2D eigenvalue weighted by Crippen LogP contribution is 2.14. The second kappa shape index (κ2) is 12.5. The Morgan fingerprint density at radius 1 is 0.968 bits per heavy atom. The molecule has 0 unspecified atom stereocenters. The average molecular weight is 444 g/mol. The van der Waals surface area contributed by atoms with Crippen LogP contribution in [0.1, 0.15) is 17.5 Å². The van der Waals surface area contributed by atoms with Crippen molar-refractivity contribution in [3.8, 4) is 11.5 Å². The second-order valence-electron chi connectivity index (χ2n) is 7.58. The Kier molecular flexibility index (Phi) is 9.39. The van der Waals surface area contributed by atoms with Crippen LogP contribution in [0.2, 0.25) is 0 Å². The summed E-state index contributed by atoms with van der Waals surface area (Å²) in [6.45, 7) is 7.10. The summed E-state index contributed by atoms with van der Waals surface area (Å²) in [6.07, 6.45) is 1.06. The van der Waals surface area contributed by atoms with E-state index in [0.717, 1.165) is 69.0 Å². The maximum atomic E-state index is 5.77. The molecule has 6 nitrogen and oxygen atoms in total. The lowest BCUT2D eigenvalue weighted by Crippen LogP contribution is -2.42. The maximum Gasteiger partial charge on any atom is 0.169 e. The monoisotopic (exact) mass is 443 g/mol. The van der Waals surface area contributed by atoms with Crippen molar-refractivity contribution in [3.63, 3.8) is 0 Å². The summed E-state index contributed by atoms with van der Waals surface area (Å²) in [5, 5.41) is 4.20. The minimum Gasteiger partial charge on any atom is -0.497 e. The molecule has 1 fully saturated rings. The van der Waals surface area contributed by atoms with Crippen LogP contribution in [0.25, 0.3) is 0 Å². The third kappa shape index (κ3) is 7.69. The molecular weight excluding hydrogens is 410 g/mol. The number of morpholine rings is 1. The first-order valence-electron chi connectivity index (χ1n) is 10.8. The van der Waals surface area contributed by atoms with E-state index in [1.165, 1.54) is 11.1 Å². The van der Waals surface area contributed by atoms with E-state index in [9.17, 15) is 0 Å². The Morgan fingerprint density at radius 3 is 2.13 bits per heavy atom. The molecule has 7 heteroatoms. The van der Waals surface area contributed by atoms with Gasteiger partial charge in [-0.25, -0.2) is 0 Å². The molecule has 3 rings (SSSR count). The lowest BCUT2D eigenvalue weighted by Gasteiger charge is -2.29. The normalized spacial score (nSPS) is 14.1. The molecule has 2 aromatic rings. The molecule has 0 saturated carbocycles. The summed E-state index contributed by atoms with van der Waals surface area (Å²) in [5.41, 5.74) is 2.38. The number of methoxy groups -OCH3 is 2. The number of nitrogens with zero attached hydrogens (tertiary/aromatic N) is 2. The van der Waals surface area contributed by atoms with Gasteiger partial charge in [0.25, 0.3) is 0 Å².